The predicted molar refractivity (Wildman–Crippen MR) is 90.6 cm³/mol. The van der Waals surface area contributed by atoms with Crippen LogP contribution in [-0.4, -0.2) is 23.9 Å². The Balaban J connectivity index is 1.54. The maximum Gasteiger partial charge on any atom is 0.251 e. The molecule has 2 amide bonds. The zero-order chi connectivity index (χ0) is 16.9. The molecule has 0 aliphatic heterocycles. The summed E-state index contributed by atoms with van der Waals surface area (Å²) in [5, 5.41) is 8.87. The monoisotopic (exact) mass is 327 g/mol. The first-order valence-corrected chi connectivity index (χ1v) is 8.09. The minimum absolute atomic E-state index is 0.0731. The number of carbonyl (C=O) groups excluding carboxylic acids is 2. The lowest BCUT2D eigenvalue weighted by molar-refractivity contribution is -0.121. The fourth-order valence-electron chi connectivity index (χ4n) is 2.30. The summed E-state index contributed by atoms with van der Waals surface area (Å²) in [6, 6.07) is 10.6. The minimum Gasteiger partial charge on any atom is -0.467 e. The molecule has 1 aliphatic rings. The Labute approximate surface area is 140 Å². The van der Waals surface area contributed by atoms with Crippen LogP contribution in [0.2, 0.25) is 0 Å². The molecule has 0 spiro atoms. The maximum absolute atomic E-state index is 12.1. The van der Waals surface area contributed by atoms with E-state index >= 15 is 0 Å². The molecule has 126 valence electrons. The summed E-state index contributed by atoms with van der Waals surface area (Å²) < 4.78 is 5.18. The highest BCUT2D eigenvalue weighted by Gasteiger charge is 2.23. The van der Waals surface area contributed by atoms with Crippen LogP contribution in [0.4, 0.5) is 5.69 Å². The highest BCUT2D eigenvalue weighted by atomic mass is 16.3. The summed E-state index contributed by atoms with van der Waals surface area (Å²) in [7, 11) is 0. The first-order valence-electron chi connectivity index (χ1n) is 8.09. The molecular formula is C18H21N3O3. The van der Waals surface area contributed by atoms with Gasteiger partial charge in [0.1, 0.15) is 11.8 Å². The first kappa shape index (κ1) is 16.1. The number of hydrogen-bond donors (Lipinski definition) is 3. The lowest BCUT2D eigenvalue weighted by atomic mass is 10.1. The van der Waals surface area contributed by atoms with Gasteiger partial charge in [0, 0.05) is 17.3 Å². The summed E-state index contributed by atoms with van der Waals surface area (Å²) in [5.41, 5.74) is 1.33. The van der Waals surface area contributed by atoms with Crippen LogP contribution in [0.1, 0.15) is 35.9 Å². The molecule has 1 fully saturated rings. The van der Waals surface area contributed by atoms with Crippen molar-refractivity contribution < 1.29 is 14.0 Å². The smallest absolute Gasteiger partial charge is 0.251 e. The highest BCUT2D eigenvalue weighted by Crippen LogP contribution is 2.20. The van der Waals surface area contributed by atoms with E-state index in [1.807, 2.05) is 6.07 Å². The molecule has 1 aliphatic carbocycles. The van der Waals surface area contributed by atoms with E-state index in [-0.39, 0.29) is 11.8 Å². The van der Waals surface area contributed by atoms with Crippen molar-refractivity contribution in [1.82, 2.24) is 10.6 Å². The maximum atomic E-state index is 12.1. The molecule has 24 heavy (non-hydrogen) atoms. The van der Waals surface area contributed by atoms with Crippen LogP contribution in [0.5, 0.6) is 0 Å². The molecule has 0 radical (unpaired) electrons. The molecule has 2 aromatic rings. The number of amides is 2. The van der Waals surface area contributed by atoms with Crippen molar-refractivity contribution in [2.75, 3.05) is 5.32 Å². The average Bonchev–Trinajstić information content (AvgIpc) is 3.24. The Bertz CT molecular complexity index is 708. The Kier molecular flexibility index (Phi) is 4.84. The molecule has 3 rings (SSSR count). The van der Waals surface area contributed by atoms with Gasteiger partial charge in [-0.15, -0.1) is 0 Å². The lowest BCUT2D eigenvalue weighted by Gasteiger charge is -2.15. The fraction of sp³-hybridized carbons (Fsp3) is 0.333. The van der Waals surface area contributed by atoms with Crippen LogP contribution < -0.4 is 16.0 Å². The average molecular weight is 327 g/mol. The summed E-state index contributed by atoms with van der Waals surface area (Å²) in [5.74, 6) is 0.490. The molecule has 1 aromatic carbocycles. The molecule has 3 N–H and O–H groups in total. The highest BCUT2D eigenvalue weighted by molar-refractivity contribution is 5.95. The molecule has 6 heteroatoms. The van der Waals surface area contributed by atoms with Gasteiger partial charge in [0.05, 0.1) is 12.8 Å². The van der Waals surface area contributed by atoms with E-state index in [1.54, 1.807) is 43.5 Å². The van der Waals surface area contributed by atoms with Gasteiger partial charge in [-0.1, -0.05) is 6.07 Å². The quantitative estimate of drug-likeness (QED) is 0.728. The third-order valence-corrected chi connectivity index (χ3v) is 3.83. The van der Waals surface area contributed by atoms with Gasteiger partial charge < -0.3 is 20.4 Å². The number of anilines is 1. The van der Waals surface area contributed by atoms with Gasteiger partial charge in [-0.3, -0.25) is 9.59 Å². The molecule has 0 bridgehead atoms. The zero-order valence-electron chi connectivity index (χ0n) is 13.5. The lowest BCUT2D eigenvalue weighted by Crippen LogP contribution is -2.37. The fourth-order valence-corrected chi connectivity index (χ4v) is 2.30. The van der Waals surface area contributed by atoms with Crippen LogP contribution in [0.3, 0.4) is 0 Å². The van der Waals surface area contributed by atoms with Gasteiger partial charge in [-0.2, -0.15) is 0 Å². The summed E-state index contributed by atoms with van der Waals surface area (Å²) >= 11 is 0. The number of hydrogen-bond acceptors (Lipinski definition) is 4. The SMILES string of the molecule is C[C@@H](Nc1cccc(C(=O)NC2CC2)c1)C(=O)NCc1ccco1. The molecule has 0 unspecified atom stereocenters. The second-order valence-electron chi connectivity index (χ2n) is 5.99. The van der Waals surface area contributed by atoms with E-state index in [0.29, 0.717) is 23.9 Å². The second-order valence-corrected chi connectivity index (χ2v) is 5.99. The summed E-state index contributed by atoms with van der Waals surface area (Å²) in [4.78, 5) is 24.2. The third-order valence-electron chi connectivity index (χ3n) is 3.83. The van der Waals surface area contributed by atoms with E-state index in [2.05, 4.69) is 16.0 Å². The van der Waals surface area contributed by atoms with E-state index < -0.39 is 6.04 Å². The largest absolute Gasteiger partial charge is 0.467 e. The predicted octanol–water partition coefficient (Wildman–Crippen LogP) is 2.29. The third kappa shape index (κ3) is 4.38. The van der Waals surface area contributed by atoms with Crippen molar-refractivity contribution in [2.24, 2.45) is 0 Å². The van der Waals surface area contributed by atoms with Crippen LogP contribution in [0.15, 0.2) is 47.1 Å². The van der Waals surface area contributed by atoms with Crippen molar-refractivity contribution >= 4 is 17.5 Å². The molecule has 0 saturated heterocycles. The van der Waals surface area contributed by atoms with Crippen LogP contribution in [-0.2, 0) is 11.3 Å². The molecule has 1 saturated carbocycles. The Hall–Kier alpha value is -2.76. The van der Waals surface area contributed by atoms with Crippen LogP contribution >= 0.6 is 0 Å². The molecular weight excluding hydrogens is 306 g/mol. The molecule has 1 aromatic heterocycles. The standard InChI is InChI=1S/C18H21N3O3/c1-12(17(22)19-11-16-6-3-9-24-16)20-15-5-2-4-13(10-15)18(23)21-14-7-8-14/h2-6,9-10,12,14,20H,7-8,11H2,1H3,(H,19,22)(H,21,23)/t12-/m1/s1. The van der Waals surface area contributed by atoms with Crippen LogP contribution in [0, 0.1) is 0 Å². The summed E-state index contributed by atoms with van der Waals surface area (Å²) in [6.45, 7) is 2.12. The Morgan fingerprint density at radius 3 is 2.79 bits per heavy atom. The molecule has 1 heterocycles. The second kappa shape index (κ2) is 7.21. The molecule has 1 atom stereocenters. The topological polar surface area (TPSA) is 83.4 Å². The number of rotatable bonds is 7. The minimum atomic E-state index is -0.429. The molecule has 6 nitrogen and oxygen atoms in total. The van der Waals surface area contributed by atoms with Gasteiger partial charge in [0.2, 0.25) is 5.91 Å². The normalized spacial score (nSPS) is 14.7. The number of carbonyl (C=O) groups is 2. The Morgan fingerprint density at radius 2 is 2.08 bits per heavy atom. The van der Waals surface area contributed by atoms with E-state index in [0.717, 1.165) is 18.5 Å². The van der Waals surface area contributed by atoms with Crippen molar-refractivity contribution in [3.63, 3.8) is 0 Å². The van der Waals surface area contributed by atoms with E-state index in [1.165, 1.54) is 0 Å². The van der Waals surface area contributed by atoms with Gasteiger partial charge in [-0.25, -0.2) is 0 Å². The van der Waals surface area contributed by atoms with E-state index in [9.17, 15) is 9.59 Å². The van der Waals surface area contributed by atoms with Gasteiger partial charge in [-0.05, 0) is 50.1 Å². The number of nitrogens with one attached hydrogen (secondary N) is 3. The van der Waals surface area contributed by atoms with Gasteiger partial charge in [0.15, 0.2) is 0 Å². The van der Waals surface area contributed by atoms with Crippen molar-refractivity contribution in [3.8, 4) is 0 Å². The van der Waals surface area contributed by atoms with Crippen molar-refractivity contribution in [1.29, 1.82) is 0 Å². The van der Waals surface area contributed by atoms with E-state index in [4.69, 9.17) is 4.42 Å². The van der Waals surface area contributed by atoms with Crippen LogP contribution in [0.25, 0.3) is 0 Å². The number of benzene rings is 1. The summed E-state index contributed by atoms with van der Waals surface area (Å²) in [6.07, 6.45) is 3.68. The van der Waals surface area contributed by atoms with Crippen molar-refractivity contribution in [3.05, 3.63) is 54.0 Å². The first-order chi connectivity index (χ1) is 11.6. The van der Waals surface area contributed by atoms with Gasteiger partial charge >= 0.3 is 0 Å². The van der Waals surface area contributed by atoms with Crippen molar-refractivity contribution in [2.45, 2.75) is 38.4 Å². The Morgan fingerprint density at radius 1 is 1.25 bits per heavy atom. The number of furan rings is 1. The van der Waals surface area contributed by atoms with Gasteiger partial charge in [0.25, 0.3) is 5.91 Å². The zero-order valence-corrected chi connectivity index (χ0v) is 13.5.